The van der Waals surface area contributed by atoms with Crippen molar-refractivity contribution < 1.29 is 0 Å². The highest BCUT2D eigenvalue weighted by atomic mass is 15.0. The molecular weight excluding hydrogens is 262 g/mol. The minimum absolute atomic E-state index is 0.153. The first kappa shape index (κ1) is 13.5. The Morgan fingerprint density at radius 3 is 2.62 bits per heavy atom. The van der Waals surface area contributed by atoms with Gasteiger partial charge in [0.25, 0.3) is 0 Å². The number of hydrogen-bond donors (Lipinski definition) is 1. The molecule has 3 aromatic rings. The molecule has 21 heavy (non-hydrogen) atoms. The van der Waals surface area contributed by atoms with Crippen LogP contribution in [0.25, 0.3) is 17.0 Å². The molecule has 0 atom stereocenters. The Morgan fingerprint density at radius 2 is 1.90 bits per heavy atom. The largest absolute Gasteiger partial charge is 0.383 e. The molecule has 108 valence electrons. The maximum absolute atomic E-state index is 6.10. The topological polar surface area (TPSA) is 69.1 Å². The first-order chi connectivity index (χ1) is 9.88. The summed E-state index contributed by atoms with van der Waals surface area (Å²) in [5, 5.41) is 0. The number of nitrogens with two attached hydrogens (primary N) is 1. The summed E-state index contributed by atoms with van der Waals surface area (Å²) in [5.74, 6) is 1.28. The molecule has 0 aliphatic rings. The predicted molar refractivity (Wildman–Crippen MR) is 84.1 cm³/mol. The molecule has 0 saturated heterocycles. The fourth-order valence-corrected chi connectivity index (χ4v) is 2.26. The summed E-state index contributed by atoms with van der Waals surface area (Å²) >= 11 is 0. The Morgan fingerprint density at radius 1 is 1.14 bits per heavy atom. The van der Waals surface area contributed by atoms with Crippen molar-refractivity contribution in [2.45, 2.75) is 33.1 Å². The van der Waals surface area contributed by atoms with Gasteiger partial charge in [0, 0.05) is 23.4 Å². The van der Waals surface area contributed by atoms with E-state index in [1.54, 1.807) is 6.20 Å². The van der Waals surface area contributed by atoms with E-state index in [0.29, 0.717) is 5.82 Å². The van der Waals surface area contributed by atoms with Crippen molar-refractivity contribution in [3.63, 3.8) is 0 Å². The zero-order valence-corrected chi connectivity index (χ0v) is 12.8. The number of imidazole rings is 1. The predicted octanol–water partition coefficient (Wildman–Crippen LogP) is 2.98. The number of pyridine rings is 1. The van der Waals surface area contributed by atoms with Crippen molar-refractivity contribution in [2.24, 2.45) is 0 Å². The average molecular weight is 281 g/mol. The molecule has 0 unspecified atom stereocenters. The second-order valence-electron chi connectivity index (χ2n) is 6.22. The molecule has 0 amide bonds. The van der Waals surface area contributed by atoms with Gasteiger partial charge in [-0.25, -0.2) is 15.0 Å². The maximum Gasteiger partial charge on any atom is 0.137 e. The van der Waals surface area contributed by atoms with Crippen LogP contribution in [0.5, 0.6) is 0 Å². The van der Waals surface area contributed by atoms with Gasteiger partial charge < -0.3 is 5.73 Å². The minimum atomic E-state index is -0.153. The summed E-state index contributed by atoms with van der Waals surface area (Å²) in [6, 6.07) is 5.97. The first-order valence-electron chi connectivity index (χ1n) is 6.95. The van der Waals surface area contributed by atoms with Crippen LogP contribution >= 0.6 is 0 Å². The van der Waals surface area contributed by atoms with Crippen molar-refractivity contribution >= 4 is 11.5 Å². The first-order valence-corrected chi connectivity index (χ1v) is 6.95. The summed E-state index contributed by atoms with van der Waals surface area (Å²) in [6.45, 7) is 8.20. The van der Waals surface area contributed by atoms with Crippen LogP contribution < -0.4 is 5.73 Å². The lowest BCUT2D eigenvalue weighted by molar-refractivity contribution is 0.546. The lowest BCUT2D eigenvalue weighted by atomic mass is 9.95. The van der Waals surface area contributed by atoms with E-state index in [1.807, 2.05) is 35.7 Å². The van der Waals surface area contributed by atoms with Crippen molar-refractivity contribution in [1.82, 2.24) is 19.4 Å². The van der Waals surface area contributed by atoms with Crippen LogP contribution in [0.2, 0.25) is 0 Å². The Bertz CT molecular complexity index is 811. The highest BCUT2D eigenvalue weighted by Gasteiger charge is 2.21. The molecule has 0 aliphatic heterocycles. The summed E-state index contributed by atoms with van der Waals surface area (Å²) in [6.07, 6.45) is 3.71. The Balaban J connectivity index is 2.32. The van der Waals surface area contributed by atoms with Gasteiger partial charge in [-0.15, -0.1) is 0 Å². The van der Waals surface area contributed by atoms with E-state index in [1.165, 1.54) is 0 Å². The van der Waals surface area contributed by atoms with Crippen LogP contribution in [0.15, 0.2) is 30.6 Å². The molecule has 2 N–H and O–H groups in total. The van der Waals surface area contributed by atoms with Crippen LogP contribution in [-0.2, 0) is 5.41 Å². The fraction of sp³-hybridized carbons (Fsp3) is 0.312. The second-order valence-corrected chi connectivity index (χ2v) is 6.22. The van der Waals surface area contributed by atoms with Crippen LogP contribution in [-0.4, -0.2) is 19.4 Å². The number of aromatic nitrogens is 4. The number of fused-ring (bicyclic) bond motifs is 1. The van der Waals surface area contributed by atoms with Gasteiger partial charge in [0.1, 0.15) is 17.3 Å². The normalized spacial score (nSPS) is 12.0. The molecule has 0 fully saturated rings. The van der Waals surface area contributed by atoms with Crippen molar-refractivity contribution in [3.8, 4) is 11.4 Å². The molecule has 0 aliphatic carbocycles. The summed E-state index contributed by atoms with van der Waals surface area (Å²) in [4.78, 5) is 13.5. The third-order valence-corrected chi connectivity index (χ3v) is 3.53. The zero-order valence-electron chi connectivity index (χ0n) is 12.8. The number of hydrogen-bond acceptors (Lipinski definition) is 4. The van der Waals surface area contributed by atoms with Gasteiger partial charge in [0.05, 0.1) is 11.4 Å². The van der Waals surface area contributed by atoms with Gasteiger partial charge in [0.15, 0.2) is 0 Å². The standard InChI is InChI=1S/C16H19N5/c1-10-13(19-15(16(2,3)4)20-14(10)17)11-6-5-7-12-18-8-9-21(11)12/h5-9H,1-4H3,(H2,17,19,20). The van der Waals surface area contributed by atoms with E-state index in [4.69, 9.17) is 10.7 Å². The lowest BCUT2D eigenvalue weighted by Gasteiger charge is -2.19. The molecule has 5 nitrogen and oxygen atoms in total. The second kappa shape index (κ2) is 4.55. The van der Waals surface area contributed by atoms with Gasteiger partial charge in [-0.3, -0.25) is 4.40 Å². The smallest absolute Gasteiger partial charge is 0.137 e. The van der Waals surface area contributed by atoms with Crippen molar-refractivity contribution in [1.29, 1.82) is 0 Å². The van der Waals surface area contributed by atoms with Crippen LogP contribution in [0.4, 0.5) is 5.82 Å². The summed E-state index contributed by atoms with van der Waals surface area (Å²) in [7, 11) is 0. The Hall–Kier alpha value is -2.43. The van der Waals surface area contributed by atoms with Crippen LogP contribution in [0.1, 0.15) is 32.2 Å². The van der Waals surface area contributed by atoms with E-state index in [2.05, 4.69) is 30.7 Å². The van der Waals surface area contributed by atoms with Gasteiger partial charge in [-0.2, -0.15) is 0 Å². The molecule has 3 aromatic heterocycles. The molecular formula is C16H19N5. The van der Waals surface area contributed by atoms with Gasteiger partial charge in [-0.1, -0.05) is 26.8 Å². The number of anilines is 1. The molecule has 3 heterocycles. The van der Waals surface area contributed by atoms with Gasteiger partial charge in [-0.05, 0) is 19.1 Å². The molecule has 3 rings (SSSR count). The zero-order chi connectivity index (χ0) is 15.2. The summed E-state index contributed by atoms with van der Waals surface area (Å²) < 4.78 is 2.02. The molecule has 0 aromatic carbocycles. The maximum atomic E-state index is 6.10. The third kappa shape index (κ3) is 2.24. The fourth-order valence-electron chi connectivity index (χ4n) is 2.26. The van der Waals surface area contributed by atoms with E-state index < -0.39 is 0 Å². The van der Waals surface area contributed by atoms with Gasteiger partial charge in [0.2, 0.25) is 0 Å². The minimum Gasteiger partial charge on any atom is -0.383 e. The molecule has 0 radical (unpaired) electrons. The van der Waals surface area contributed by atoms with E-state index >= 15 is 0 Å². The van der Waals surface area contributed by atoms with E-state index in [-0.39, 0.29) is 5.41 Å². The average Bonchev–Trinajstić information content (AvgIpc) is 2.88. The Labute approximate surface area is 123 Å². The monoisotopic (exact) mass is 281 g/mol. The summed E-state index contributed by atoms with van der Waals surface area (Å²) in [5.41, 5.74) is 9.56. The van der Waals surface area contributed by atoms with Crippen molar-refractivity contribution in [2.75, 3.05) is 5.73 Å². The number of nitrogens with zero attached hydrogens (tertiary/aromatic N) is 4. The highest BCUT2D eigenvalue weighted by molar-refractivity contribution is 5.67. The van der Waals surface area contributed by atoms with Gasteiger partial charge >= 0.3 is 0 Å². The molecule has 0 saturated carbocycles. The lowest BCUT2D eigenvalue weighted by Crippen LogP contribution is -2.18. The quantitative estimate of drug-likeness (QED) is 0.744. The van der Waals surface area contributed by atoms with Crippen LogP contribution in [0.3, 0.4) is 0 Å². The Kier molecular flexibility index (Phi) is 2.93. The SMILES string of the molecule is Cc1c(N)nc(C(C)(C)C)nc1-c1cccc2nccn12. The van der Waals surface area contributed by atoms with Crippen molar-refractivity contribution in [3.05, 3.63) is 42.0 Å². The molecule has 0 bridgehead atoms. The molecule has 5 heteroatoms. The van der Waals surface area contributed by atoms with Crippen LogP contribution in [0, 0.1) is 6.92 Å². The highest BCUT2D eigenvalue weighted by Crippen LogP contribution is 2.28. The number of nitrogen functional groups attached to an aromatic ring is 1. The van der Waals surface area contributed by atoms with E-state index in [0.717, 1.165) is 28.4 Å². The van der Waals surface area contributed by atoms with E-state index in [9.17, 15) is 0 Å². The third-order valence-electron chi connectivity index (χ3n) is 3.53. The molecule has 0 spiro atoms. The number of rotatable bonds is 1.